The van der Waals surface area contributed by atoms with Gasteiger partial charge < -0.3 is 9.84 Å². The maximum Gasteiger partial charge on any atom is 0.338 e. The van der Waals surface area contributed by atoms with Crippen LogP contribution in [0.15, 0.2) is 35.4 Å². The first kappa shape index (κ1) is 12.9. The second-order valence-electron chi connectivity index (χ2n) is 4.25. The molecular formula is C13H10N4O4. The molecular weight excluding hydrogens is 276 g/mol. The quantitative estimate of drug-likeness (QED) is 0.737. The fraction of sp³-hybridized carbons (Fsp3) is 0.0769. The van der Waals surface area contributed by atoms with Gasteiger partial charge in [-0.15, -0.1) is 0 Å². The molecule has 8 heteroatoms. The Morgan fingerprint density at radius 2 is 2.24 bits per heavy atom. The van der Waals surface area contributed by atoms with Crippen LogP contribution < -0.4 is 10.3 Å². The minimum Gasteiger partial charge on any atom is -0.497 e. The van der Waals surface area contributed by atoms with Crippen LogP contribution in [0.5, 0.6) is 5.75 Å². The summed E-state index contributed by atoms with van der Waals surface area (Å²) < 4.78 is 6.29. The standard InChI is InChI=1S/C13H10N4O4/c1-21-8-2-3-9-10(4-8)15-13(16-11(9)18)17-6-7(5-14-17)12(19)20/h2-6H,1H3,(H,19,20)(H,15,16,18). The van der Waals surface area contributed by atoms with Crippen molar-refractivity contribution in [2.45, 2.75) is 0 Å². The molecule has 0 aliphatic carbocycles. The predicted molar refractivity (Wildman–Crippen MR) is 73.0 cm³/mol. The third kappa shape index (κ3) is 2.22. The molecule has 0 radical (unpaired) electrons. The fourth-order valence-electron chi connectivity index (χ4n) is 1.89. The largest absolute Gasteiger partial charge is 0.497 e. The molecule has 8 nitrogen and oxygen atoms in total. The normalized spacial score (nSPS) is 10.7. The maximum atomic E-state index is 12.0. The topological polar surface area (TPSA) is 110 Å². The molecule has 0 unspecified atom stereocenters. The molecule has 3 rings (SSSR count). The third-order valence-electron chi connectivity index (χ3n) is 2.95. The lowest BCUT2D eigenvalue weighted by atomic mass is 10.2. The monoisotopic (exact) mass is 286 g/mol. The highest BCUT2D eigenvalue weighted by molar-refractivity contribution is 5.87. The molecule has 2 heterocycles. The number of hydrogen-bond acceptors (Lipinski definition) is 5. The summed E-state index contributed by atoms with van der Waals surface area (Å²) in [5.74, 6) is -0.405. The van der Waals surface area contributed by atoms with E-state index in [2.05, 4.69) is 15.1 Å². The number of fused-ring (bicyclic) bond motifs is 1. The number of hydrogen-bond donors (Lipinski definition) is 2. The highest BCUT2D eigenvalue weighted by atomic mass is 16.5. The fourth-order valence-corrected chi connectivity index (χ4v) is 1.89. The maximum absolute atomic E-state index is 12.0. The number of benzene rings is 1. The second kappa shape index (κ2) is 4.75. The second-order valence-corrected chi connectivity index (χ2v) is 4.25. The van der Waals surface area contributed by atoms with Crippen molar-refractivity contribution in [1.82, 2.24) is 19.7 Å². The Morgan fingerprint density at radius 1 is 1.43 bits per heavy atom. The molecule has 2 aromatic heterocycles. The molecule has 2 N–H and O–H groups in total. The summed E-state index contributed by atoms with van der Waals surface area (Å²) in [6.45, 7) is 0. The summed E-state index contributed by atoms with van der Waals surface area (Å²) in [7, 11) is 1.52. The zero-order chi connectivity index (χ0) is 15.0. The smallest absolute Gasteiger partial charge is 0.338 e. The molecule has 0 fully saturated rings. The van der Waals surface area contributed by atoms with Gasteiger partial charge in [-0.2, -0.15) is 5.10 Å². The summed E-state index contributed by atoms with van der Waals surface area (Å²) in [6, 6.07) is 4.89. The Labute approximate surface area is 117 Å². The van der Waals surface area contributed by atoms with Crippen LogP contribution in [0.4, 0.5) is 0 Å². The highest BCUT2D eigenvalue weighted by Gasteiger charge is 2.10. The zero-order valence-electron chi connectivity index (χ0n) is 10.9. The molecule has 0 amide bonds. The van der Waals surface area contributed by atoms with E-state index in [4.69, 9.17) is 9.84 Å². The van der Waals surface area contributed by atoms with E-state index < -0.39 is 5.97 Å². The Morgan fingerprint density at radius 3 is 2.90 bits per heavy atom. The van der Waals surface area contributed by atoms with Gasteiger partial charge >= 0.3 is 5.97 Å². The van der Waals surface area contributed by atoms with Gasteiger partial charge in [0.15, 0.2) is 0 Å². The van der Waals surface area contributed by atoms with Crippen LogP contribution in [0.1, 0.15) is 10.4 Å². The molecule has 0 saturated heterocycles. The van der Waals surface area contributed by atoms with Crippen molar-refractivity contribution in [3.05, 3.63) is 46.5 Å². The van der Waals surface area contributed by atoms with Gasteiger partial charge in [-0.3, -0.25) is 9.78 Å². The molecule has 0 spiro atoms. The van der Waals surface area contributed by atoms with Gasteiger partial charge in [0.05, 0.1) is 29.8 Å². The number of carboxylic acids is 1. The first-order valence-electron chi connectivity index (χ1n) is 5.95. The van der Waals surface area contributed by atoms with E-state index in [0.717, 1.165) is 0 Å². The van der Waals surface area contributed by atoms with Crippen LogP contribution >= 0.6 is 0 Å². The molecule has 0 aliphatic rings. The van der Waals surface area contributed by atoms with Crippen LogP contribution in [0.3, 0.4) is 0 Å². The summed E-state index contributed by atoms with van der Waals surface area (Å²) in [4.78, 5) is 29.7. The van der Waals surface area contributed by atoms with Crippen molar-refractivity contribution < 1.29 is 14.6 Å². The molecule has 0 atom stereocenters. The Kier molecular flexibility index (Phi) is 2.90. The van der Waals surface area contributed by atoms with Gasteiger partial charge in [-0.1, -0.05) is 0 Å². The van der Waals surface area contributed by atoms with E-state index in [9.17, 15) is 9.59 Å². The lowest BCUT2D eigenvalue weighted by Crippen LogP contribution is -2.13. The number of H-pyrrole nitrogens is 1. The lowest BCUT2D eigenvalue weighted by molar-refractivity contribution is 0.0697. The molecule has 0 bridgehead atoms. The minimum atomic E-state index is -1.11. The number of ether oxygens (including phenoxy) is 1. The van der Waals surface area contributed by atoms with Crippen molar-refractivity contribution in [2.24, 2.45) is 0 Å². The number of nitrogens with zero attached hydrogens (tertiary/aromatic N) is 3. The molecule has 106 valence electrons. The van der Waals surface area contributed by atoms with Gasteiger partial charge in [0.25, 0.3) is 5.56 Å². The van der Waals surface area contributed by atoms with Crippen LogP contribution in [0, 0.1) is 0 Å². The van der Waals surface area contributed by atoms with Crippen LogP contribution in [0.2, 0.25) is 0 Å². The van der Waals surface area contributed by atoms with Crippen molar-refractivity contribution in [3.63, 3.8) is 0 Å². The van der Waals surface area contributed by atoms with E-state index in [1.54, 1.807) is 18.2 Å². The van der Waals surface area contributed by atoms with E-state index >= 15 is 0 Å². The predicted octanol–water partition coefficient (Wildman–Crippen LogP) is 0.816. The number of rotatable bonds is 3. The van der Waals surface area contributed by atoms with Gasteiger partial charge in [-0.25, -0.2) is 14.5 Å². The highest BCUT2D eigenvalue weighted by Crippen LogP contribution is 2.17. The number of aromatic nitrogens is 4. The van der Waals surface area contributed by atoms with Crippen LogP contribution in [-0.2, 0) is 0 Å². The zero-order valence-corrected chi connectivity index (χ0v) is 10.9. The number of carbonyl (C=O) groups is 1. The molecule has 1 aromatic carbocycles. The number of methoxy groups -OCH3 is 1. The van der Waals surface area contributed by atoms with Crippen molar-refractivity contribution >= 4 is 16.9 Å². The number of aromatic carboxylic acids is 1. The van der Waals surface area contributed by atoms with Crippen molar-refractivity contribution in [2.75, 3.05) is 7.11 Å². The minimum absolute atomic E-state index is 0.00314. The number of carboxylic acid groups (broad SMARTS) is 1. The Balaban J connectivity index is 2.18. The van der Waals surface area contributed by atoms with Gasteiger partial charge in [0, 0.05) is 12.3 Å². The average Bonchev–Trinajstić information content (AvgIpc) is 2.96. The molecule has 0 aliphatic heterocycles. The summed E-state index contributed by atoms with van der Waals surface area (Å²) >= 11 is 0. The van der Waals surface area contributed by atoms with E-state index in [0.29, 0.717) is 16.7 Å². The summed E-state index contributed by atoms with van der Waals surface area (Å²) in [6.07, 6.45) is 2.45. The third-order valence-corrected chi connectivity index (χ3v) is 2.95. The van der Waals surface area contributed by atoms with E-state index in [1.807, 2.05) is 0 Å². The number of nitrogens with one attached hydrogen (secondary N) is 1. The SMILES string of the molecule is COc1ccc2c(=O)[nH]c(-n3cc(C(=O)O)cn3)nc2c1. The molecule has 3 aromatic rings. The van der Waals surface area contributed by atoms with E-state index in [-0.39, 0.29) is 17.1 Å². The average molecular weight is 286 g/mol. The summed E-state index contributed by atoms with van der Waals surface area (Å²) in [5.41, 5.74) is 0.0916. The van der Waals surface area contributed by atoms with Crippen molar-refractivity contribution in [3.8, 4) is 11.7 Å². The molecule has 0 saturated carbocycles. The Bertz CT molecular complexity index is 897. The first-order valence-corrected chi connectivity index (χ1v) is 5.95. The Hall–Kier alpha value is -3.16. The molecule has 21 heavy (non-hydrogen) atoms. The summed E-state index contributed by atoms with van der Waals surface area (Å²) in [5, 5.41) is 13.2. The first-order chi connectivity index (χ1) is 10.1. The lowest BCUT2D eigenvalue weighted by Gasteiger charge is -2.04. The van der Waals surface area contributed by atoms with Gasteiger partial charge in [-0.05, 0) is 12.1 Å². The van der Waals surface area contributed by atoms with Crippen LogP contribution in [-0.4, -0.2) is 37.9 Å². The van der Waals surface area contributed by atoms with Crippen LogP contribution in [0.25, 0.3) is 16.9 Å². The van der Waals surface area contributed by atoms with Crippen molar-refractivity contribution in [1.29, 1.82) is 0 Å². The van der Waals surface area contributed by atoms with Gasteiger partial charge in [0.2, 0.25) is 5.95 Å². The number of aromatic amines is 1. The van der Waals surface area contributed by atoms with E-state index in [1.165, 1.54) is 24.2 Å². The van der Waals surface area contributed by atoms with Gasteiger partial charge in [0.1, 0.15) is 5.75 Å².